The number of nitrogens with one attached hydrogen (secondary N) is 1. The number of unbranched alkanes of at least 4 members (excludes halogenated alkanes) is 3. The highest BCUT2D eigenvalue weighted by atomic mass is 32.1. The monoisotopic (exact) mass is 239 g/mol. The fourth-order valence-electron chi connectivity index (χ4n) is 1.82. The Morgan fingerprint density at radius 2 is 1.88 bits per heavy atom. The van der Waals surface area contributed by atoms with Gasteiger partial charge < -0.3 is 5.32 Å². The predicted molar refractivity (Wildman–Crippen MR) is 74.4 cm³/mol. The molecule has 2 heteroatoms. The minimum absolute atomic E-state index is 1.18. The maximum atomic E-state index is 3.45. The van der Waals surface area contributed by atoms with Crippen molar-refractivity contribution in [1.29, 1.82) is 0 Å². The van der Waals surface area contributed by atoms with E-state index in [0.29, 0.717) is 0 Å². The van der Waals surface area contributed by atoms with Crippen molar-refractivity contribution in [2.45, 2.75) is 52.4 Å². The maximum Gasteiger partial charge on any atom is 0.00480 e. The molecule has 1 nitrogen and oxygen atoms in total. The van der Waals surface area contributed by atoms with E-state index in [4.69, 9.17) is 0 Å². The van der Waals surface area contributed by atoms with Gasteiger partial charge in [-0.15, -0.1) is 11.3 Å². The third-order valence-electron chi connectivity index (χ3n) is 2.75. The van der Waals surface area contributed by atoms with Gasteiger partial charge in [0, 0.05) is 9.75 Å². The van der Waals surface area contributed by atoms with Crippen molar-refractivity contribution in [1.82, 2.24) is 5.32 Å². The maximum absolute atomic E-state index is 3.45. The van der Waals surface area contributed by atoms with Crippen LogP contribution in [-0.2, 0) is 6.42 Å². The van der Waals surface area contributed by atoms with E-state index in [1.807, 2.05) is 11.3 Å². The fraction of sp³-hybridized carbons (Fsp3) is 0.714. The first-order valence-corrected chi connectivity index (χ1v) is 7.40. The lowest BCUT2D eigenvalue weighted by Crippen LogP contribution is -2.15. The molecule has 0 unspecified atom stereocenters. The van der Waals surface area contributed by atoms with Crippen molar-refractivity contribution >= 4 is 11.3 Å². The molecule has 1 rings (SSSR count). The second-order valence-electron chi connectivity index (χ2n) is 4.43. The first-order chi connectivity index (χ1) is 7.83. The van der Waals surface area contributed by atoms with Crippen LogP contribution in [0, 0.1) is 6.92 Å². The van der Waals surface area contributed by atoms with E-state index in [1.165, 1.54) is 56.5 Å². The van der Waals surface area contributed by atoms with Gasteiger partial charge in [-0.05, 0) is 57.8 Å². The van der Waals surface area contributed by atoms with Crippen molar-refractivity contribution in [3.8, 4) is 0 Å². The summed E-state index contributed by atoms with van der Waals surface area (Å²) in [5, 5.41) is 3.45. The molecular weight excluding hydrogens is 214 g/mol. The van der Waals surface area contributed by atoms with Gasteiger partial charge in [0.15, 0.2) is 0 Å². The Morgan fingerprint density at radius 1 is 1.06 bits per heavy atom. The summed E-state index contributed by atoms with van der Waals surface area (Å²) in [6.07, 6.45) is 7.97. The number of hydrogen-bond donors (Lipinski definition) is 1. The Labute approximate surface area is 104 Å². The second kappa shape index (κ2) is 8.77. The summed E-state index contributed by atoms with van der Waals surface area (Å²) in [7, 11) is 0. The van der Waals surface area contributed by atoms with Crippen LogP contribution in [0.1, 0.15) is 48.8 Å². The van der Waals surface area contributed by atoms with Gasteiger partial charge in [0.25, 0.3) is 0 Å². The van der Waals surface area contributed by atoms with Gasteiger partial charge in [0.2, 0.25) is 0 Å². The van der Waals surface area contributed by atoms with Gasteiger partial charge in [0.1, 0.15) is 0 Å². The Morgan fingerprint density at radius 3 is 2.56 bits per heavy atom. The van der Waals surface area contributed by atoms with Crippen LogP contribution in [0.5, 0.6) is 0 Å². The zero-order valence-electron chi connectivity index (χ0n) is 10.7. The zero-order chi connectivity index (χ0) is 11.6. The molecule has 0 atom stereocenters. The van der Waals surface area contributed by atoms with E-state index in [9.17, 15) is 0 Å². The summed E-state index contributed by atoms with van der Waals surface area (Å²) >= 11 is 1.95. The number of thiophene rings is 1. The lowest BCUT2D eigenvalue weighted by Gasteiger charge is -2.02. The van der Waals surface area contributed by atoms with Crippen molar-refractivity contribution in [2.75, 3.05) is 13.1 Å². The van der Waals surface area contributed by atoms with Gasteiger partial charge in [-0.1, -0.05) is 19.8 Å². The molecule has 0 aliphatic heterocycles. The highest BCUT2D eigenvalue weighted by molar-refractivity contribution is 7.11. The van der Waals surface area contributed by atoms with E-state index in [-0.39, 0.29) is 0 Å². The third kappa shape index (κ3) is 6.29. The lowest BCUT2D eigenvalue weighted by molar-refractivity contribution is 0.585. The molecule has 1 heterocycles. The van der Waals surface area contributed by atoms with Crippen molar-refractivity contribution < 1.29 is 0 Å². The molecule has 0 spiro atoms. The largest absolute Gasteiger partial charge is 0.317 e. The third-order valence-corrected chi connectivity index (χ3v) is 3.81. The Hall–Kier alpha value is -0.340. The smallest absolute Gasteiger partial charge is 0.00480 e. The molecule has 0 fully saturated rings. The fourth-order valence-corrected chi connectivity index (χ4v) is 2.76. The molecular formula is C14H25NS. The Balaban J connectivity index is 1.88. The minimum Gasteiger partial charge on any atom is -0.317 e. The van der Waals surface area contributed by atoms with Crippen molar-refractivity contribution in [2.24, 2.45) is 0 Å². The molecule has 1 N–H and O–H groups in total. The predicted octanol–water partition coefficient (Wildman–Crippen LogP) is 4.16. The molecule has 0 saturated heterocycles. The Kier molecular flexibility index (Phi) is 7.52. The standard InChI is InChI=1S/C14H25NS/c1-3-11-15-12-7-5-4-6-8-14-10-9-13(2)16-14/h9-10,15H,3-8,11-12H2,1-2H3. The van der Waals surface area contributed by atoms with Crippen LogP contribution in [0.4, 0.5) is 0 Å². The lowest BCUT2D eigenvalue weighted by atomic mass is 10.1. The van der Waals surface area contributed by atoms with Gasteiger partial charge in [-0.25, -0.2) is 0 Å². The average molecular weight is 239 g/mol. The van der Waals surface area contributed by atoms with E-state index >= 15 is 0 Å². The summed E-state index contributed by atoms with van der Waals surface area (Å²) in [6.45, 7) is 6.78. The first-order valence-electron chi connectivity index (χ1n) is 6.59. The van der Waals surface area contributed by atoms with Crippen LogP contribution in [0.15, 0.2) is 12.1 Å². The van der Waals surface area contributed by atoms with Gasteiger partial charge in [0.05, 0.1) is 0 Å². The SMILES string of the molecule is CCCNCCCCCCc1ccc(C)s1. The van der Waals surface area contributed by atoms with E-state index in [1.54, 1.807) is 4.88 Å². The van der Waals surface area contributed by atoms with E-state index in [2.05, 4.69) is 31.3 Å². The van der Waals surface area contributed by atoms with Crippen LogP contribution in [0.2, 0.25) is 0 Å². The second-order valence-corrected chi connectivity index (χ2v) is 5.80. The molecule has 0 radical (unpaired) electrons. The quantitative estimate of drug-likeness (QED) is 0.638. The van der Waals surface area contributed by atoms with Gasteiger partial charge in [-0.2, -0.15) is 0 Å². The normalized spacial score (nSPS) is 10.9. The highest BCUT2D eigenvalue weighted by Gasteiger charge is 1.96. The molecule has 0 bridgehead atoms. The van der Waals surface area contributed by atoms with Crippen LogP contribution in [0.3, 0.4) is 0 Å². The van der Waals surface area contributed by atoms with Crippen LogP contribution >= 0.6 is 11.3 Å². The van der Waals surface area contributed by atoms with Crippen molar-refractivity contribution in [3.05, 3.63) is 21.9 Å². The summed E-state index contributed by atoms with van der Waals surface area (Å²) in [6, 6.07) is 4.51. The molecule has 16 heavy (non-hydrogen) atoms. The number of rotatable bonds is 9. The zero-order valence-corrected chi connectivity index (χ0v) is 11.5. The topological polar surface area (TPSA) is 12.0 Å². The summed E-state index contributed by atoms with van der Waals surface area (Å²) in [5.74, 6) is 0. The van der Waals surface area contributed by atoms with E-state index in [0.717, 1.165) is 0 Å². The highest BCUT2D eigenvalue weighted by Crippen LogP contribution is 2.17. The molecule has 0 saturated carbocycles. The Bertz CT molecular complexity index is 267. The van der Waals surface area contributed by atoms with E-state index < -0.39 is 0 Å². The first kappa shape index (κ1) is 13.7. The molecule has 0 amide bonds. The number of aryl methyl sites for hydroxylation is 2. The summed E-state index contributed by atoms with van der Waals surface area (Å²) < 4.78 is 0. The minimum atomic E-state index is 1.18. The molecule has 1 aromatic rings. The van der Waals surface area contributed by atoms with Gasteiger partial charge in [-0.3, -0.25) is 0 Å². The summed E-state index contributed by atoms with van der Waals surface area (Å²) in [5.41, 5.74) is 0. The average Bonchev–Trinajstić information content (AvgIpc) is 2.68. The van der Waals surface area contributed by atoms with Crippen LogP contribution < -0.4 is 5.32 Å². The summed E-state index contributed by atoms with van der Waals surface area (Å²) in [4.78, 5) is 3.00. The number of hydrogen-bond acceptors (Lipinski definition) is 2. The van der Waals surface area contributed by atoms with Crippen LogP contribution in [0.25, 0.3) is 0 Å². The van der Waals surface area contributed by atoms with Crippen LogP contribution in [-0.4, -0.2) is 13.1 Å². The molecule has 92 valence electrons. The molecule has 1 aromatic heterocycles. The van der Waals surface area contributed by atoms with Crippen molar-refractivity contribution in [3.63, 3.8) is 0 Å². The molecule has 0 aliphatic carbocycles. The molecule has 0 aliphatic rings. The molecule has 0 aromatic carbocycles. The van der Waals surface area contributed by atoms with Gasteiger partial charge >= 0.3 is 0 Å².